The molecule has 0 radical (unpaired) electrons. The molecule has 0 saturated heterocycles. The Morgan fingerprint density at radius 1 is 1.16 bits per heavy atom. The first-order valence-corrected chi connectivity index (χ1v) is 8.42. The van der Waals surface area contributed by atoms with Crippen LogP contribution in [0.4, 0.5) is 0 Å². The van der Waals surface area contributed by atoms with Crippen molar-refractivity contribution < 1.29 is 4.79 Å². The first-order valence-electron chi connectivity index (χ1n) is 8.42. The Balaban J connectivity index is 1.72. The molecule has 0 aliphatic carbocycles. The van der Waals surface area contributed by atoms with Gasteiger partial charge in [0, 0.05) is 39.6 Å². The summed E-state index contributed by atoms with van der Waals surface area (Å²) in [4.78, 5) is 18.2. The molecular formula is C19H27N5O. The molecule has 0 saturated carbocycles. The maximum atomic E-state index is 12.0. The third-order valence-corrected chi connectivity index (χ3v) is 4.01. The minimum atomic E-state index is -0.0376. The van der Waals surface area contributed by atoms with Crippen LogP contribution in [0.1, 0.15) is 11.3 Å². The van der Waals surface area contributed by atoms with Gasteiger partial charge >= 0.3 is 0 Å². The molecule has 1 amide bonds. The molecule has 0 unspecified atom stereocenters. The standard InChI is InChI=1S/C19H27N5O/c1-20-19(24(3)15-17-10-7-13-23(17)2)22-14-18(25)21-12-11-16-8-5-4-6-9-16/h4-10,13H,11-12,14-15H2,1-3H3,(H,20,22)(H,21,25). The summed E-state index contributed by atoms with van der Waals surface area (Å²) >= 11 is 0. The van der Waals surface area contributed by atoms with Crippen molar-refractivity contribution in [3.63, 3.8) is 0 Å². The number of hydrogen-bond acceptors (Lipinski definition) is 2. The van der Waals surface area contributed by atoms with Crippen LogP contribution < -0.4 is 10.6 Å². The first kappa shape index (κ1) is 18.6. The summed E-state index contributed by atoms with van der Waals surface area (Å²) in [6, 6.07) is 14.2. The van der Waals surface area contributed by atoms with Crippen molar-refractivity contribution in [3.05, 3.63) is 59.9 Å². The summed E-state index contributed by atoms with van der Waals surface area (Å²) < 4.78 is 2.07. The molecule has 134 valence electrons. The van der Waals surface area contributed by atoms with Gasteiger partial charge in [0.2, 0.25) is 5.91 Å². The predicted octanol–water partition coefficient (Wildman–Crippen LogP) is 1.39. The molecular weight excluding hydrogens is 314 g/mol. The van der Waals surface area contributed by atoms with E-state index in [4.69, 9.17) is 0 Å². The molecule has 2 rings (SSSR count). The zero-order valence-electron chi connectivity index (χ0n) is 15.2. The lowest BCUT2D eigenvalue weighted by Gasteiger charge is -2.22. The number of aliphatic imine (C=N–C) groups is 1. The fourth-order valence-corrected chi connectivity index (χ4v) is 2.58. The zero-order chi connectivity index (χ0) is 18.1. The Morgan fingerprint density at radius 2 is 1.92 bits per heavy atom. The van der Waals surface area contributed by atoms with E-state index in [0.29, 0.717) is 12.5 Å². The van der Waals surface area contributed by atoms with E-state index in [2.05, 4.69) is 38.4 Å². The summed E-state index contributed by atoms with van der Waals surface area (Å²) in [5, 5.41) is 6.03. The van der Waals surface area contributed by atoms with Gasteiger partial charge < -0.3 is 20.1 Å². The molecule has 1 heterocycles. The highest BCUT2D eigenvalue weighted by atomic mass is 16.1. The van der Waals surface area contributed by atoms with Gasteiger partial charge in [-0.2, -0.15) is 0 Å². The molecule has 0 spiro atoms. The molecule has 1 aromatic carbocycles. The van der Waals surface area contributed by atoms with E-state index >= 15 is 0 Å². The summed E-state index contributed by atoms with van der Waals surface area (Å²) in [5.41, 5.74) is 2.40. The van der Waals surface area contributed by atoms with Gasteiger partial charge in [0.25, 0.3) is 0 Å². The maximum absolute atomic E-state index is 12.0. The van der Waals surface area contributed by atoms with Crippen LogP contribution in [0.25, 0.3) is 0 Å². The Morgan fingerprint density at radius 3 is 2.56 bits per heavy atom. The van der Waals surface area contributed by atoms with Crippen LogP contribution in [-0.4, -0.2) is 48.5 Å². The van der Waals surface area contributed by atoms with Gasteiger partial charge in [-0.3, -0.25) is 9.79 Å². The molecule has 0 fully saturated rings. The molecule has 6 nitrogen and oxygen atoms in total. The number of aryl methyl sites for hydroxylation is 1. The van der Waals surface area contributed by atoms with Crippen LogP contribution in [0.5, 0.6) is 0 Å². The molecule has 0 aliphatic heterocycles. The highest BCUT2D eigenvalue weighted by Gasteiger charge is 2.09. The molecule has 0 atom stereocenters. The highest BCUT2D eigenvalue weighted by molar-refractivity contribution is 5.86. The minimum Gasteiger partial charge on any atom is -0.354 e. The lowest BCUT2D eigenvalue weighted by Crippen LogP contribution is -2.44. The third-order valence-electron chi connectivity index (χ3n) is 4.01. The van der Waals surface area contributed by atoms with Gasteiger partial charge in [-0.25, -0.2) is 0 Å². The van der Waals surface area contributed by atoms with Gasteiger partial charge in [0.1, 0.15) is 0 Å². The van der Waals surface area contributed by atoms with Crippen LogP contribution in [0.3, 0.4) is 0 Å². The fraction of sp³-hybridized carbons (Fsp3) is 0.368. The Labute approximate surface area is 149 Å². The second-order valence-electron chi connectivity index (χ2n) is 5.95. The first-order chi connectivity index (χ1) is 12.1. The van der Waals surface area contributed by atoms with Gasteiger partial charge in [-0.05, 0) is 24.1 Å². The van der Waals surface area contributed by atoms with Gasteiger partial charge in [0.15, 0.2) is 5.96 Å². The van der Waals surface area contributed by atoms with Crippen molar-refractivity contribution in [1.29, 1.82) is 0 Å². The van der Waals surface area contributed by atoms with E-state index in [1.54, 1.807) is 7.05 Å². The largest absolute Gasteiger partial charge is 0.354 e. The topological polar surface area (TPSA) is 61.7 Å². The molecule has 6 heteroatoms. The van der Waals surface area contributed by atoms with Crippen LogP contribution >= 0.6 is 0 Å². The number of carbonyl (C=O) groups excluding carboxylic acids is 1. The van der Waals surface area contributed by atoms with Gasteiger partial charge in [-0.15, -0.1) is 0 Å². The number of amides is 1. The summed E-state index contributed by atoms with van der Waals surface area (Å²) in [5.74, 6) is 0.656. The molecule has 0 aliphatic rings. The average molecular weight is 341 g/mol. The molecule has 0 bridgehead atoms. The summed E-state index contributed by atoms with van der Waals surface area (Å²) in [7, 11) is 5.69. The lowest BCUT2D eigenvalue weighted by atomic mass is 10.1. The van der Waals surface area contributed by atoms with Gasteiger partial charge in [0.05, 0.1) is 13.1 Å². The number of aromatic nitrogens is 1. The van der Waals surface area contributed by atoms with Crippen molar-refractivity contribution in [2.24, 2.45) is 12.0 Å². The number of nitrogens with one attached hydrogen (secondary N) is 2. The number of hydrogen-bond donors (Lipinski definition) is 2. The Kier molecular flexibility index (Phi) is 7.07. The summed E-state index contributed by atoms with van der Waals surface area (Å²) in [6.07, 6.45) is 2.84. The van der Waals surface area contributed by atoms with Crippen molar-refractivity contribution in [1.82, 2.24) is 20.1 Å². The van der Waals surface area contributed by atoms with E-state index < -0.39 is 0 Å². The third kappa shape index (κ3) is 5.99. The smallest absolute Gasteiger partial charge is 0.239 e. The summed E-state index contributed by atoms with van der Waals surface area (Å²) in [6.45, 7) is 1.56. The monoisotopic (exact) mass is 341 g/mol. The van der Waals surface area contributed by atoms with Crippen molar-refractivity contribution in [2.45, 2.75) is 13.0 Å². The van der Waals surface area contributed by atoms with E-state index in [-0.39, 0.29) is 12.5 Å². The normalized spacial score (nSPS) is 11.2. The van der Waals surface area contributed by atoms with Crippen molar-refractivity contribution in [3.8, 4) is 0 Å². The minimum absolute atomic E-state index is 0.0376. The zero-order valence-corrected chi connectivity index (χ0v) is 15.2. The predicted molar refractivity (Wildman–Crippen MR) is 101 cm³/mol. The number of nitrogens with zero attached hydrogens (tertiary/aromatic N) is 3. The quantitative estimate of drug-likeness (QED) is 0.591. The van der Waals surface area contributed by atoms with E-state index in [0.717, 1.165) is 13.0 Å². The van der Waals surface area contributed by atoms with E-state index in [1.807, 2.05) is 49.5 Å². The fourth-order valence-electron chi connectivity index (χ4n) is 2.58. The van der Waals surface area contributed by atoms with Crippen molar-refractivity contribution in [2.75, 3.05) is 27.2 Å². The molecule has 1 aromatic heterocycles. The van der Waals surface area contributed by atoms with Crippen molar-refractivity contribution >= 4 is 11.9 Å². The van der Waals surface area contributed by atoms with Gasteiger partial charge in [-0.1, -0.05) is 30.3 Å². The van der Waals surface area contributed by atoms with E-state index in [1.165, 1.54) is 11.3 Å². The Bertz CT molecular complexity index is 693. The number of guanidine groups is 1. The average Bonchev–Trinajstić information content (AvgIpc) is 3.01. The molecule has 2 N–H and O–H groups in total. The second kappa shape index (κ2) is 9.52. The maximum Gasteiger partial charge on any atom is 0.239 e. The van der Waals surface area contributed by atoms with E-state index in [9.17, 15) is 4.79 Å². The lowest BCUT2D eigenvalue weighted by molar-refractivity contribution is -0.120. The van der Waals surface area contributed by atoms with Crippen LogP contribution in [0.15, 0.2) is 53.7 Å². The number of carbonyl (C=O) groups is 1. The molecule has 25 heavy (non-hydrogen) atoms. The highest BCUT2D eigenvalue weighted by Crippen LogP contribution is 2.03. The Hall–Kier alpha value is -2.76. The second-order valence-corrected chi connectivity index (χ2v) is 5.95. The number of benzene rings is 1. The van der Waals surface area contributed by atoms with Crippen LogP contribution in [0, 0.1) is 0 Å². The molecule has 2 aromatic rings. The SMILES string of the molecule is CN=C(NCC(=O)NCCc1ccccc1)N(C)Cc1cccn1C. The van der Waals surface area contributed by atoms with Crippen LogP contribution in [0.2, 0.25) is 0 Å². The van der Waals surface area contributed by atoms with Crippen LogP contribution in [-0.2, 0) is 24.8 Å². The number of rotatable bonds is 7.